The van der Waals surface area contributed by atoms with Gasteiger partial charge in [-0.05, 0) is 6.92 Å². The van der Waals surface area contributed by atoms with Crippen LogP contribution in [-0.4, -0.2) is 638 Å². The zero-order valence-electron chi connectivity index (χ0n) is 77.4. The van der Waals surface area contributed by atoms with Gasteiger partial charge in [0.2, 0.25) is 23.6 Å². The first kappa shape index (κ1) is 120. The Balaban J connectivity index is 0.916. The third-order valence-corrected chi connectivity index (χ3v) is 26.3. The lowest BCUT2D eigenvalue weighted by atomic mass is 9.94. The highest BCUT2D eigenvalue weighted by atomic mass is 16.8. The number of carbonyl (C=O) groups is 4. The maximum absolute atomic E-state index is 13.4. The van der Waals surface area contributed by atoms with E-state index < -0.39 is 465 Å². The SMILES string of the molecule is CC(=O)N[C@H]1[C@H](O[C@@H]([C@H](O)[C@H](CO)NC(C)=O)[C@H](O)CO[C@@H]2O[C@@H](C)[C@@H](O)[C@@H](O)[C@@H]2O)O[C@H](CO)[C@@H](O[C@@H]2O[C@H](CO[C@H]3O[C@H](CO)[C@@H](O)[C@H](O)[C@@H]3O[C@@H]3O[C@H](CO)[C@@H](O[C@@H]4O[C@H](CO)[C@H](O)[C@H](O[C@@H]5O[C@H](CO)[C@H](O)[C@H](O)[C@H]5O)[C@H]4O)[C@H](O)[C@H]3NC(C)=O)[C@@H](O)[C@H](O[C@H]3O[C@H](CO)[C@@H](O)[C@H](O)[C@@H]3O[C@@H]3O[C@H](CO)[C@@H](O[C@@H]4O[C@H](CO)[C@H](O)[C@H](O[C@@H]5O[C@H](CO)[C@H](O)[C@H](O)[C@H]5O)[C@H]4O)[C@H](O)[C@H]3NC(C)=O)[C@@H]2O)[C@@H]1O. The Kier molecular flexibility index (Phi) is 44.1. The Bertz CT molecular complexity index is 3920. The molecule has 11 heterocycles. The van der Waals surface area contributed by atoms with Crippen LogP contribution in [0.4, 0.5) is 0 Å². The van der Waals surface area contributed by atoms with Crippen molar-refractivity contribution >= 4 is 23.6 Å². The quantitative estimate of drug-likeness (QED) is 0.0270. The van der Waals surface area contributed by atoms with Crippen LogP contribution in [0.25, 0.3) is 0 Å². The van der Waals surface area contributed by atoms with Gasteiger partial charge in [0.15, 0.2) is 69.2 Å². The van der Waals surface area contributed by atoms with Gasteiger partial charge < -0.3 is 299 Å². The highest BCUT2D eigenvalue weighted by Gasteiger charge is 2.63. The molecule has 0 bridgehead atoms. The molecule has 64 heteroatoms. The molecule has 0 aromatic heterocycles. The Labute approximate surface area is 815 Å². The Morgan fingerprint density at radius 1 is 0.257 bits per heavy atom. The van der Waals surface area contributed by atoms with E-state index in [0.29, 0.717) is 0 Å². The number of nitrogens with one attached hydrogen (secondary N) is 4. The summed E-state index contributed by atoms with van der Waals surface area (Å²) in [5.74, 6) is -4.06. The maximum Gasteiger partial charge on any atom is 0.217 e. The molecular formula is C80H136N4O60. The van der Waals surface area contributed by atoms with Crippen molar-refractivity contribution in [2.45, 2.75) is 397 Å². The highest BCUT2D eigenvalue weighted by molar-refractivity contribution is 5.74. The van der Waals surface area contributed by atoms with Crippen LogP contribution in [-0.2, 0) is 123 Å². The van der Waals surface area contributed by atoms with Gasteiger partial charge in [0.05, 0.1) is 91.4 Å². The summed E-state index contributed by atoms with van der Waals surface area (Å²) in [6, 6.07) is -8.13. The summed E-state index contributed by atoms with van der Waals surface area (Å²) in [6.45, 7) is -9.31. The molecule has 0 aromatic carbocycles. The van der Waals surface area contributed by atoms with E-state index in [-0.39, 0.29) is 0 Å². The second-order valence-electron chi connectivity index (χ2n) is 36.4. The average Bonchev–Trinajstić information content (AvgIpc) is 0.774. The number of ether oxygens (including phenoxy) is 22. The lowest BCUT2D eigenvalue weighted by Crippen LogP contribution is -2.70. The number of carbonyl (C=O) groups excluding carboxylic acids is 4. The van der Waals surface area contributed by atoms with Crippen molar-refractivity contribution in [3.63, 3.8) is 0 Å². The van der Waals surface area contributed by atoms with Crippen molar-refractivity contribution in [3.8, 4) is 0 Å². The molecule has 11 rings (SSSR count). The summed E-state index contributed by atoms with van der Waals surface area (Å²) in [4.78, 5) is 52.3. The van der Waals surface area contributed by atoms with E-state index in [1.165, 1.54) is 6.92 Å². The van der Waals surface area contributed by atoms with E-state index in [1.54, 1.807) is 0 Å². The van der Waals surface area contributed by atoms with Crippen molar-refractivity contribution in [1.29, 1.82) is 0 Å². The summed E-state index contributed by atoms with van der Waals surface area (Å²) >= 11 is 0. The lowest BCUT2D eigenvalue weighted by Gasteiger charge is -2.51. The maximum atomic E-state index is 13.4. The molecule has 4 amide bonds. The van der Waals surface area contributed by atoms with E-state index in [0.717, 1.165) is 27.7 Å². The fraction of sp³-hybridized carbons (Fsp3) is 0.950. The summed E-state index contributed by atoms with van der Waals surface area (Å²) in [5, 5.41) is 391. The number of hydrogen-bond acceptors (Lipinski definition) is 60. The average molecular weight is 2110 g/mol. The van der Waals surface area contributed by atoms with E-state index >= 15 is 0 Å². The van der Waals surface area contributed by atoms with Gasteiger partial charge in [0.1, 0.15) is 281 Å². The first-order chi connectivity index (χ1) is 68.1. The molecule has 0 spiro atoms. The van der Waals surface area contributed by atoms with E-state index in [4.69, 9.17) is 104 Å². The van der Waals surface area contributed by atoms with Gasteiger partial charge in [-0.2, -0.15) is 0 Å². The zero-order chi connectivity index (χ0) is 106. The molecule has 38 N–H and O–H groups in total. The Morgan fingerprint density at radius 3 is 0.896 bits per heavy atom. The molecule has 0 radical (unpaired) electrons. The van der Waals surface area contributed by atoms with Crippen LogP contribution >= 0.6 is 0 Å². The van der Waals surface area contributed by atoms with Crippen molar-refractivity contribution in [1.82, 2.24) is 21.3 Å². The van der Waals surface area contributed by atoms with Crippen molar-refractivity contribution < 1.29 is 297 Å². The minimum Gasteiger partial charge on any atom is -0.394 e. The standard InChI is InChI=1S/C80H136N4O60/c1-18-38(100)50(112)55(117)73(125-18)123-16-24(99)61(39(101)23(6-85)81-19(2)95)136-70-35(82-20(3)96)47(109)64(31(13-92)132-70)139-78-60(122)67(142-80-69(54(116)43(105)28(10-89)131-80)144-72-37(84-22(5)98)49(111)63(33(15-94)134-72)138-77-59(121)66(45(107)30(12-91)129-77)141-75-57(119)52(114)41(103)26(8-87)127-75)46(108)34(135-78)17-124-79-68(53(115)42(104)27(9-88)130-79)143-71-36(83-21(4)97)48(110)62(32(14-93)133-71)137-76-58(120)65(44(106)29(11-90)128-76)140-74-56(118)51(113)40(102)25(7-86)126-74/h18,23-80,85-94,99-122H,6-17H2,1-5H3,(H,81,95)(H,82,96)(H,83,97)(H,84,98)/t18-,23-,24+,25+,26+,27+,28+,29+,30+,31+,32+,33+,34+,35+,36+,37+,38+,39+,40-,41-,42+,43+,44-,45-,46+,47+,48+,49+,50+,51-,52-,53-,54-,55-,56+,57+,58+,59+,60-,61+,62+,63+,64+,65-,66-,67-,68-,69-,70-,71-,72-,73+,74-,75-,76-,77-,78-,79-,80+/m0/s1. The monoisotopic (exact) mass is 2110 g/mol. The van der Waals surface area contributed by atoms with Crippen LogP contribution in [0.2, 0.25) is 0 Å². The zero-order valence-corrected chi connectivity index (χ0v) is 77.4. The van der Waals surface area contributed by atoms with Crippen LogP contribution in [0.15, 0.2) is 0 Å². The molecule has 11 saturated heterocycles. The smallest absolute Gasteiger partial charge is 0.217 e. The molecule has 59 atom stereocenters. The minimum absolute atomic E-state index is 0.861. The van der Waals surface area contributed by atoms with Crippen molar-refractivity contribution in [3.05, 3.63) is 0 Å². The molecular weight excluding hydrogens is 1980 g/mol. The molecule has 64 nitrogen and oxygen atoms in total. The number of aliphatic hydroxyl groups is 34. The molecule has 0 unspecified atom stereocenters. The summed E-state index contributed by atoms with van der Waals surface area (Å²) < 4.78 is 130. The van der Waals surface area contributed by atoms with Crippen LogP contribution in [0.1, 0.15) is 34.6 Å². The van der Waals surface area contributed by atoms with Gasteiger partial charge >= 0.3 is 0 Å². The molecule has 836 valence electrons. The topological polar surface area (TPSA) is 1010 Å². The highest BCUT2D eigenvalue weighted by Crippen LogP contribution is 2.42. The van der Waals surface area contributed by atoms with Crippen molar-refractivity contribution in [2.24, 2.45) is 0 Å². The molecule has 144 heavy (non-hydrogen) atoms. The largest absolute Gasteiger partial charge is 0.394 e. The van der Waals surface area contributed by atoms with Crippen LogP contribution in [0.5, 0.6) is 0 Å². The van der Waals surface area contributed by atoms with Gasteiger partial charge in [0, 0.05) is 27.7 Å². The second-order valence-corrected chi connectivity index (χ2v) is 36.4. The third-order valence-electron chi connectivity index (χ3n) is 26.3. The lowest BCUT2D eigenvalue weighted by molar-refractivity contribution is -0.400. The summed E-state index contributed by atoms with van der Waals surface area (Å²) in [6.07, 6.45) is -119. The second kappa shape index (κ2) is 53.0. The predicted molar refractivity (Wildman–Crippen MR) is 442 cm³/mol. The fourth-order valence-electron chi connectivity index (χ4n) is 18.3. The van der Waals surface area contributed by atoms with Gasteiger partial charge in [0.25, 0.3) is 0 Å². The Morgan fingerprint density at radius 2 is 0.535 bits per heavy atom. The van der Waals surface area contributed by atoms with Crippen LogP contribution in [0.3, 0.4) is 0 Å². The predicted octanol–water partition coefficient (Wildman–Crippen LogP) is -25.9. The molecule has 0 aromatic rings. The van der Waals surface area contributed by atoms with Gasteiger partial charge in [-0.15, -0.1) is 0 Å². The number of rotatable bonds is 41. The van der Waals surface area contributed by atoms with Gasteiger partial charge in [-0.3, -0.25) is 19.2 Å². The first-order valence-electron chi connectivity index (χ1n) is 46.0. The summed E-state index contributed by atoms with van der Waals surface area (Å²) in [7, 11) is 0. The van der Waals surface area contributed by atoms with E-state index in [9.17, 15) is 193 Å². The Hall–Kier alpha value is -4.36. The molecule has 11 aliphatic rings. The van der Waals surface area contributed by atoms with Gasteiger partial charge in [-0.1, -0.05) is 0 Å². The van der Waals surface area contributed by atoms with Crippen LogP contribution in [0, 0.1) is 0 Å². The molecule has 11 fully saturated rings. The van der Waals surface area contributed by atoms with E-state index in [1.807, 2.05) is 0 Å². The van der Waals surface area contributed by atoms with Gasteiger partial charge in [-0.25, -0.2) is 0 Å². The summed E-state index contributed by atoms with van der Waals surface area (Å²) in [5.41, 5.74) is 0. The third kappa shape index (κ3) is 26.8. The molecule has 0 aliphatic carbocycles. The fourth-order valence-corrected chi connectivity index (χ4v) is 18.3. The number of aliphatic hydroxyl groups excluding tert-OH is 34. The van der Waals surface area contributed by atoms with Crippen molar-refractivity contribution in [2.75, 3.05) is 79.3 Å². The first-order valence-corrected chi connectivity index (χ1v) is 46.0. The number of amides is 4. The normalized spacial score (nSPS) is 48.1. The molecule has 0 saturated carbocycles. The van der Waals surface area contributed by atoms with E-state index in [2.05, 4.69) is 21.3 Å². The molecule has 11 aliphatic heterocycles. The minimum atomic E-state index is -2.73. The number of hydrogen-bond donors (Lipinski definition) is 38. The van der Waals surface area contributed by atoms with Crippen LogP contribution < -0.4 is 21.3 Å².